The molecule has 0 atom stereocenters. The third-order valence-corrected chi connectivity index (χ3v) is 6.64. The second-order valence-corrected chi connectivity index (χ2v) is 8.58. The van der Waals surface area contributed by atoms with Crippen molar-refractivity contribution in [3.63, 3.8) is 0 Å². The monoisotopic (exact) mass is 402 g/mol. The van der Waals surface area contributed by atoms with Crippen LogP contribution in [0.25, 0.3) is 0 Å². The molecule has 4 rings (SSSR count). The Hall–Kier alpha value is -2.78. The van der Waals surface area contributed by atoms with E-state index in [0.29, 0.717) is 24.3 Å². The first-order chi connectivity index (χ1) is 13.4. The van der Waals surface area contributed by atoms with E-state index in [-0.39, 0.29) is 17.5 Å². The van der Waals surface area contributed by atoms with Gasteiger partial charge in [0.15, 0.2) is 0 Å². The molecular formula is C19H19FN4O3S. The molecule has 1 fully saturated rings. The molecule has 0 aliphatic carbocycles. The molecule has 7 nitrogen and oxygen atoms in total. The highest BCUT2D eigenvalue weighted by atomic mass is 32.2. The Balaban J connectivity index is 1.38. The van der Waals surface area contributed by atoms with Crippen molar-refractivity contribution < 1.29 is 17.5 Å². The van der Waals surface area contributed by atoms with Crippen molar-refractivity contribution >= 4 is 10.0 Å². The normalized spacial score (nSPS) is 15.4. The van der Waals surface area contributed by atoms with Crippen LogP contribution < -0.4 is 4.74 Å². The van der Waals surface area contributed by atoms with Crippen molar-refractivity contribution in [3.8, 4) is 5.75 Å². The molecule has 146 valence electrons. The summed E-state index contributed by atoms with van der Waals surface area (Å²) in [6, 6.07) is 13.0. The number of rotatable bonds is 6. The molecule has 2 aromatic carbocycles. The fourth-order valence-corrected chi connectivity index (χ4v) is 4.77. The van der Waals surface area contributed by atoms with Crippen LogP contribution in [-0.4, -0.2) is 40.8 Å². The number of para-hydroxylation sites is 1. The lowest BCUT2D eigenvalue weighted by molar-refractivity contribution is 0.188. The van der Waals surface area contributed by atoms with Gasteiger partial charge in [0.25, 0.3) is 0 Å². The highest BCUT2D eigenvalue weighted by molar-refractivity contribution is 7.89. The molecule has 1 aliphatic rings. The zero-order valence-electron chi connectivity index (χ0n) is 15.2. The lowest BCUT2D eigenvalue weighted by Crippen LogP contribution is -2.50. The minimum atomic E-state index is -3.65. The average Bonchev–Trinajstić information content (AvgIpc) is 3.07. The van der Waals surface area contributed by atoms with Crippen molar-refractivity contribution in [2.75, 3.05) is 13.1 Å². The van der Waals surface area contributed by atoms with Crippen molar-refractivity contribution in [2.24, 2.45) is 0 Å². The third kappa shape index (κ3) is 3.63. The van der Waals surface area contributed by atoms with Crippen LogP contribution >= 0.6 is 0 Å². The van der Waals surface area contributed by atoms with Gasteiger partial charge in [-0.2, -0.15) is 4.31 Å². The summed E-state index contributed by atoms with van der Waals surface area (Å²) < 4.78 is 47.4. The summed E-state index contributed by atoms with van der Waals surface area (Å²) in [5.74, 6) is 0.290. The molecular weight excluding hydrogens is 383 g/mol. The summed E-state index contributed by atoms with van der Waals surface area (Å²) >= 11 is 0. The Morgan fingerprint density at radius 3 is 2.64 bits per heavy atom. The molecule has 3 aromatic rings. The van der Waals surface area contributed by atoms with Gasteiger partial charge in [-0.25, -0.2) is 17.5 Å². The second-order valence-electron chi connectivity index (χ2n) is 6.68. The van der Waals surface area contributed by atoms with E-state index in [1.165, 1.54) is 16.4 Å². The molecule has 1 aliphatic heterocycles. The summed E-state index contributed by atoms with van der Waals surface area (Å²) in [5, 5.41) is 8.17. The molecule has 2 heterocycles. The van der Waals surface area contributed by atoms with Gasteiger partial charge in [-0.1, -0.05) is 23.4 Å². The number of aryl methyl sites for hydroxylation is 1. The maximum Gasteiger partial charge on any atom is 0.243 e. The quantitative estimate of drug-likeness (QED) is 0.633. The van der Waals surface area contributed by atoms with Crippen LogP contribution in [-0.2, 0) is 16.6 Å². The van der Waals surface area contributed by atoms with Crippen LogP contribution in [0, 0.1) is 12.7 Å². The van der Waals surface area contributed by atoms with E-state index in [1.54, 1.807) is 17.8 Å². The van der Waals surface area contributed by atoms with E-state index in [9.17, 15) is 12.8 Å². The van der Waals surface area contributed by atoms with Gasteiger partial charge in [-0.05, 0) is 42.8 Å². The number of hydrogen-bond donors (Lipinski definition) is 0. The second kappa shape index (κ2) is 7.33. The maximum atomic E-state index is 13.3. The summed E-state index contributed by atoms with van der Waals surface area (Å²) in [5.41, 5.74) is 1.06. The van der Waals surface area contributed by atoms with E-state index in [2.05, 4.69) is 10.3 Å². The zero-order chi connectivity index (χ0) is 19.7. The SMILES string of the molecule is Cc1cc(F)ccc1S(=O)(=O)N1CC(n2cc(COc3ccccc3)nn2)C1. The maximum absolute atomic E-state index is 13.3. The summed E-state index contributed by atoms with van der Waals surface area (Å²) in [6.45, 7) is 2.46. The van der Waals surface area contributed by atoms with Crippen molar-refractivity contribution in [1.82, 2.24) is 19.3 Å². The Bertz CT molecular complexity index is 1080. The van der Waals surface area contributed by atoms with E-state index >= 15 is 0 Å². The number of sulfonamides is 1. The van der Waals surface area contributed by atoms with Gasteiger partial charge in [0.2, 0.25) is 10.0 Å². The van der Waals surface area contributed by atoms with Gasteiger partial charge in [0.05, 0.1) is 17.1 Å². The number of hydrogen-bond acceptors (Lipinski definition) is 5. The Labute approximate surface area is 162 Å². The number of nitrogens with zero attached hydrogens (tertiary/aromatic N) is 4. The highest BCUT2D eigenvalue weighted by Gasteiger charge is 2.39. The van der Waals surface area contributed by atoms with Crippen molar-refractivity contribution in [3.05, 3.63) is 71.8 Å². The topological polar surface area (TPSA) is 77.3 Å². The molecule has 0 unspecified atom stereocenters. The number of benzene rings is 2. The Kier molecular flexibility index (Phi) is 4.86. The van der Waals surface area contributed by atoms with Gasteiger partial charge in [0, 0.05) is 13.1 Å². The van der Waals surface area contributed by atoms with Crippen molar-refractivity contribution in [1.29, 1.82) is 0 Å². The number of halogens is 1. The minimum absolute atomic E-state index is 0.0893. The fourth-order valence-electron chi connectivity index (χ4n) is 3.05. The predicted octanol–water partition coefficient (Wildman–Crippen LogP) is 2.55. The fraction of sp³-hybridized carbons (Fsp3) is 0.263. The zero-order valence-corrected chi connectivity index (χ0v) is 16.0. The summed E-state index contributed by atoms with van der Waals surface area (Å²) in [7, 11) is -3.65. The molecule has 0 radical (unpaired) electrons. The van der Waals surface area contributed by atoms with Crippen LogP contribution in [0.15, 0.2) is 59.6 Å². The van der Waals surface area contributed by atoms with E-state index in [0.717, 1.165) is 11.8 Å². The Morgan fingerprint density at radius 1 is 1.18 bits per heavy atom. The third-order valence-electron chi connectivity index (χ3n) is 4.65. The number of ether oxygens (including phenoxy) is 1. The van der Waals surface area contributed by atoms with E-state index in [4.69, 9.17) is 4.74 Å². The standard InChI is InChI=1S/C19H19FN4O3S/c1-14-9-15(20)7-8-19(14)28(25,26)23-11-17(12-23)24-10-16(21-22-24)13-27-18-5-3-2-4-6-18/h2-10,17H,11-13H2,1H3. The van der Waals surface area contributed by atoms with Crippen LogP contribution in [0.2, 0.25) is 0 Å². The van der Waals surface area contributed by atoms with Gasteiger partial charge >= 0.3 is 0 Å². The lowest BCUT2D eigenvalue weighted by atomic mass is 10.2. The molecule has 1 aromatic heterocycles. The number of aromatic nitrogens is 3. The van der Waals surface area contributed by atoms with Crippen LogP contribution in [0.3, 0.4) is 0 Å². The molecule has 0 spiro atoms. The van der Waals surface area contributed by atoms with E-state index in [1.807, 2.05) is 30.3 Å². The van der Waals surface area contributed by atoms with Crippen LogP contribution in [0.5, 0.6) is 5.75 Å². The molecule has 0 N–H and O–H groups in total. The lowest BCUT2D eigenvalue weighted by Gasteiger charge is -2.37. The van der Waals surface area contributed by atoms with Crippen LogP contribution in [0.1, 0.15) is 17.3 Å². The van der Waals surface area contributed by atoms with Gasteiger partial charge in [0.1, 0.15) is 23.9 Å². The van der Waals surface area contributed by atoms with Gasteiger partial charge < -0.3 is 4.74 Å². The first-order valence-corrected chi connectivity index (χ1v) is 10.2. The first kappa shape index (κ1) is 18.6. The molecule has 0 saturated carbocycles. The van der Waals surface area contributed by atoms with E-state index < -0.39 is 15.8 Å². The smallest absolute Gasteiger partial charge is 0.243 e. The Morgan fingerprint density at radius 2 is 1.93 bits per heavy atom. The average molecular weight is 402 g/mol. The van der Waals surface area contributed by atoms with Crippen LogP contribution in [0.4, 0.5) is 4.39 Å². The minimum Gasteiger partial charge on any atom is -0.487 e. The first-order valence-electron chi connectivity index (χ1n) is 8.78. The predicted molar refractivity (Wildman–Crippen MR) is 99.7 cm³/mol. The molecule has 0 bridgehead atoms. The molecule has 1 saturated heterocycles. The largest absolute Gasteiger partial charge is 0.487 e. The molecule has 9 heteroatoms. The van der Waals surface area contributed by atoms with Gasteiger partial charge in [-0.3, -0.25) is 0 Å². The summed E-state index contributed by atoms with van der Waals surface area (Å²) in [4.78, 5) is 0.128. The van der Waals surface area contributed by atoms with Crippen molar-refractivity contribution in [2.45, 2.75) is 24.5 Å². The highest BCUT2D eigenvalue weighted by Crippen LogP contribution is 2.29. The van der Waals surface area contributed by atoms with Gasteiger partial charge in [-0.15, -0.1) is 5.10 Å². The summed E-state index contributed by atoms with van der Waals surface area (Å²) in [6.07, 6.45) is 1.76. The molecule has 28 heavy (non-hydrogen) atoms. The molecule has 0 amide bonds.